The molecule has 0 radical (unpaired) electrons. The molecule has 2 aromatic carbocycles. The van der Waals surface area contributed by atoms with Gasteiger partial charge in [-0.2, -0.15) is 0 Å². The van der Waals surface area contributed by atoms with Gasteiger partial charge in [0.1, 0.15) is 0 Å². The molecular weight excluding hydrogens is 369 g/mol. The van der Waals surface area contributed by atoms with Crippen molar-refractivity contribution in [2.75, 3.05) is 0 Å². The molecule has 0 bridgehead atoms. The second-order valence-corrected chi connectivity index (χ2v) is 9.40. The van der Waals surface area contributed by atoms with E-state index in [0.29, 0.717) is 11.7 Å². The minimum atomic E-state index is -0.856. The molecule has 0 aliphatic rings. The van der Waals surface area contributed by atoms with Gasteiger partial charge in [-0.15, -0.1) is 0 Å². The van der Waals surface area contributed by atoms with Crippen LogP contribution in [-0.2, 0) is 5.60 Å². The minimum absolute atomic E-state index is 0.129. The summed E-state index contributed by atoms with van der Waals surface area (Å²) in [6, 6.07) is 18.1. The van der Waals surface area contributed by atoms with E-state index in [4.69, 9.17) is 4.98 Å². The van der Waals surface area contributed by atoms with Crippen LogP contribution in [0.2, 0.25) is 5.32 Å². The molecule has 1 N–H and O–H groups in total. The van der Waals surface area contributed by atoms with Crippen molar-refractivity contribution in [1.29, 1.82) is 0 Å². The molecule has 23 heavy (non-hydrogen) atoms. The number of nitrogens with zero attached hydrogens (tertiary/aromatic N) is 1. The molecule has 3 aromatic rings. The number of aromatic nitrogens is 1. The van der Waals surface area contributed by atoms with Gasteiger partial charge in [-0.25, -0.2) is 0 Å². The molecular formula is C19H19NOSSe. The predicted octanol–water partition coefficient (Wildman–Crippen LogP) is 3.90. The number of para-hydroxylation sites is 1. The summed E-state index contributed by atoms with van der Waals surface area (Å²) in [6.07, 6.45) is 0.587. The Hall–Kier alpha value is -1.45. The molecule has 118 valence electrons. The zero-order chi connectivity index (χ0) is 16.3. The van der Waals surface area contributed by atoms with Crippen molar-refractivity contribution in [3.05, 3.63) is 72.3 Å². The molecule has 0 saturated heterocycles. The van der Waals surface area contributed by atoms with Gasteiger partial charge in [0, 0.05) is 0 Å². The Balaban J connectivity index is 1.82. The summed E-state index contributed by atoms with van der Waals surface area (Å²) >= 11 is 1.86. The number of aliphatic hydroxyl groups is 1. The summed E-state index contributed by atoms with van der Waals surface area (Å²) in [7, 11) is 0. The third kappa shape index (κ3) is 3.91. The number of rotatable bonds is 6. The quantitative estimate of drug-likeness (QED) is 0.513. The Morgan fingerprint density at radius 2 is 1.87 bits per heavy atom. The normalized spacial score (nSPS) is 13.8. The summed E-state index contributed by atoms with van der Waals surface area (Å²) < 4.78 is 2.35. The van der Waals surface area contributed by atoms with Crippen LogP contribution >= 0.6 is 11.3 Å². The van der Waals surface area contributed by atoms with Crippen LogP contribution in [0.25, 0.3) is 10.2 Å². The molecule has 0 saturated carbocycles. The molecule has 4 heteroatoms. The van der Waals surface area contributed by atoms with Crippen molar-refractivity contribution in [3.63, 3.8) is 0 Å². The van der Waals surface area contributed by atoms with Gasteiger partial charge < -0.3 is 0 Å². The number of fused-ring (bicyclic) bond motifs is 1. The van der Waals surface area contributed by atoms with E-state index in [-0.39, 0.29) is 15.0 Å². The molecule has 1 atom stereocenters. The average molecular weight is 388 g/mol. The van der Waals surface area contributed by atoms with Crippen LogP contribution in [-0.4, -0.2) is 25.0 Å². The maximum absolute atomic E-state index is 11.2. The molecule has 0 aliphatic heterocycles. The van der Waals surface area contributed by atoms with Gasteiger partial charge in [0.25, 0.3) is 0 Å². The van der Waals surface area contributed by atoms with E-state index in [0.717, 1.165) is 20.6 Å². The van der Waals surface area contributed by atoms with Crippen molar-refractivity contribution >= 4 is 40.4 Å². The Morgan fingerprint density at radius 1 is 1.17 bits per heavy atom. The summed E-state index contributed by atoms with van der Waals surface area (Å²) in [5, 5.41) is 11.9. The zero-order valence-corrected chi connectivity index (χ0v) is 15.6. The van der Waals surface area contributed by atoms with Gasteiger partial charge in [0.05, 0.1) is 0 Å². The maximum atomic E-state index is 11.2. The molecule has 1 heterocycles. The fourth-order valence-electron chi connectivity index (χ4n) is 2.58. The van der Waals surface area contributed by atoms with Gasteiger partial charge in [0.2, 0.25) is 0 Å². The Kier molecular flexibility index (Phi) is 4.98. The van der Waals surface area contributed by atoms with E-state index in [1.807, 2.05) is 55.5 Å². The van der Waals surface area contributed by atoms with Crippen LogP contribution in [0.3, 0.4) is 0 Å². The van der Waals surface area contributed by atoms with E-state index in [1.54, 1.807) is 11.3 Å². The second kappa shape index (κ2) is 6.98. The summed E-state index contributed by atoms with van der Waals surface area (Å²) in [4.78, 5) is 4.70. The van der Waals surface area contributed by atoms with E-state index >= 15 is 0 Å². The monoisotopic (exact) mass is 389 g/mol. The molecule has 0 amide bonds. The van der Waals surface area contributed by atoms with Crippen molar-refractivity contribution in [2.45, 2.75) is 24.3 Å². The summed E-state index contributed by atoms with van der Waals surface area (Å²) in [5.74, 6) is 0. The van der Waals surface area contributed by atoms with E-state index in [9.17, 15) is 5.11 Å². The summed E-state index contributed by atoms with van der Waals surface area (Å²) in [6.45, 7) is 5.96. The topological polar surface area (TPSA) is 33.1 Å². The first-order valence-electron chi connectivity index (χ1n) is 7.47. The van der Waals surface area contributed by atoms with E-state index < -0.39 is 5.60 Å². The average Bonchev–Trinajstić information content (AvgIpc) is 2.96. The molecule has 0 spiro atoms. The van der Waals surface area contributed by atoms with Crippen LogP contribution in [0, 0.1) is 0 Å². The second-order valence-electron chi connectivity index (χ2n) is 5.77. The fourth-order valence-corrected chi connectivity index (χ4v) is 6.24. The number of thiazole rings is 1. The fraction of sp³-hybridized carbons (Fsp3) is 0.211. The van der Waals surface area contributed by atoms with E-state index in [2.05, 4.69) is 12.6 Å². The van der Waals surface area contributed by atoms with E-state index in [1.165, 1.54) is 4.70 Å². The first-order valence-corrected chi connectivity index (χ1v) is 10.4. The Labute approximate surface area is 147 Å². The molecule has 0 aliphatic carbocycles. The molecule has 1 unspecified atom stereocenters. The molecule has 1 aromatic heterocycles. The molecule has 2 nitrogen and oxygen atoms in total. The number of hydrogen-bond acceptors (Lipinski definition) is 3. The van der Waals surface area contributed by atoms with Crippen LogP contribution in [0.4, 0.5) is 0 Å². The van der Waals surface area contributed by atoms with Gasteiger partial charge >= 0.3 is 147 Å². The summed E-state index contributed by atoms with van der Waals surface area (Å²) in [5.41, 5.74) is 2.16. The SMILES string of the molecule is C=C(C)CC(O)(C[Se]c1nc2ccccc2s1)c1ccccc1. The number of benzene rings is 2. The van der Waals surface area contributed by atoms with Gasteiger partial charge in [-0.1, -0.05) is 0 Å². The van der Waals surface area contributed by atoms with Crippen molar-refractivity contribution in [1.82, 2.24) is 4.98 Å². The van der Waals surface area contributed by atoms with Gasteiger partial charge in [0.15, 0.2) is 0 Å². The standard InChI is InChI=1S/C19H19NOSSe/c1-14(2)12-19(21,15-8-4-3-5-9-15)13-23-18-20-16-10-6-7-11-17(16)22-18/h3-11,21H,1,12-13H2,2H3. The molecule has 0 fully saturated rings. The Bertz CT molecular complexity index is 781. The van der Waals surface area contributed by atoms with Gasteiger partial charge in [-0.3, -0.25) is 0 Å². The Morgan fingerprint density at radius 3 is 2.57 bits per heavy atom. The third-order valence-corrected chi connectivity index (χ3v) is 7.60. The van der Waals surface area contributed by atoms with Crippen molar-refractivity contribution < 1.29 is 5.11 Å². The predicted molar refractivity (Wildman–Crippen MR) is 99.6 cm³/mol. The van der Waals surface area contributed by atoms with Crippen LogP contribution in [0.5, 0.6) is 0 Å². The van der Waals surface area contributed by atoms with Crippen LogP contribution in [0.15, 0.2) is 66.7 Å². The zero-order valence-electron chi connectivity index (χ0n) is 13.0. The van der Waals surface area contributed by atoms with Crippen molar-refractivity contribution in [2.24, 2.45) is 0 Å². The van der Waals surface area contributed by atoms with Crippen LogP contribution in [0.1, 0.15) is 18.9 Å². The first-order chi connectivity index (χ1) is 11.1. The molecule has 3 rings (SSSR count). The van der Waals surface area contributed by atoms with Crippen molar-refractivity contribution in [3.8, 4) is 0 Å². The van der Waals surface area contributed by atoms with Gasteiger partial charge in [-0.05, 0) is 0 Å². The third-order valence-electron chi connectivity index (χ3n) is 3.61. The van der Waals surface area contributed by atoms with Crippen LogP contribution < -0.4 is 3.91 Å². The number of hydrogen-bond donors (Lipinski definition) is 1. The first kappa shape index (κ1) is 16.4.